The molecule has 0 spiro atoms. The van der Waals surface area contributed by atoms with Gasteiger partial charge in [0.25, 0.3) is 5.56 Å². The maximum atomic E-state index is 14.0. The smallest absolute Gasteiger partial charge is 0.338 e. The molecule has 1 atom stereocenters. The monoisotopic (exact) mass is 574 g/mol. The molecular weight excluding hydrogens is 552 g/mol. The molecule has 4 aromatic rings. The summed E-state index contributed by atoms with van der Waals surface area (Å²) < 4.78 is 23.8. The van der Waals surface area contributed by atoms with Gasteiger partial charge in [-0.1, -0.05) is 65.4 Å². The molecular formula is C30H23ClN2O6S. The van der Waals surface area contributed by atoms with Crippen molar-refractivity contribution in [2.75, 3.05) is 20.5 Å². The molecule has 0 bridgehead atoms. The average Bonchev–Trinajstić information content (AvgIpc) is 3.56. The number of methoxy groups -OCH3 is 1. The minimum atomic E-state index is -0.810. The Labute approximate surface area is 238 Å². The summed E-state index contributed by atoms with van der Waals surface area (Å²) in [6, 6.07) is 19.3. The van der Waals surface area contributed by atoms with Crippen LogP contribution in [0.15, 0.2) is 82.1 Å². The highest BCUT2D eigenvalue weighted by Gasteiger charge is 2.35. The number of carbonyl (C=O) groups is 1. The Morgan fingerprint density at radius 2 is 1.90 bits per heavy atom. The third-order valence-corrected chi connectivity index (χ3v) is 7.87. The molecule has 10 heteroatoms. The fourth-order valence-corrected chi connectivity index (χ4v) is 5.95. The topological polar surface area (TPSA) is 88.4 Å². The highest BCUT2D eigenvalue weighted by Crippen LogP contribution is 2.38. The molecule has 0 saturated heterocycles. The number of halogens is 1. The molecule has 0 radical (unpaired) electrons. The predicted molar refractivity (Wildman–Crippen MR) is 152 cm³/mol. The van der Waals surface area contributed by atoms with Crippen molar-refractivity contribution >= 4 is 40.7 Å². The molecule has 6 rings (SSSR count). The molecule has 0 unspecified atom stereocenters. The van der Waals surface area contributed by atoms with Crippen molar-refractivity contribution in [1.82, 2.24) is 4.57 Å². The number of ether oxygens (including phenoxy) is 4. The standard InChI is InChI=1S/C30H23ClN2O6S/c1-3-37-29(35)25-26(17-8-5-4-6-9-17)32-30-33(27(25)18-10-7-11-20(12-18)36-2)28(34)24(40-30)14-19-13-22-23(15-21(19)31)39-16-38-22/h4-15,27H,3,16H2,1-2H3/b24-14-/t27-/m0/s1. The minimum Gasteiger partial charge on any atom is -0.497 e. The van der Waals surface area contributed by atoms with Crippen LogP contribution in [-0.2, 0) is 9.53 Å². The van der Waals surface area contributed by atoms with Crippen LogP contribution in [0.1, 0.15) is 29.7 Å². The van der Waals surface area contributed by atoms with Crippen LogP contribution in [0.2, 0.25) is 5.02 Å². The maximum absolute atomic E-state index is 14.0. The Balaban J connectivity index is 1.64. The molecule has 1 aromatic heterocycles. The van der Waals surface area contributed by atoms with E-state index < -0.39 is 12.0 Å². The fraction of sp³-hybridized carbons (Fsp3) is 0.167. The third-order valence-electron chi connectivity index (χ3n) is 6.56. The number of esters is 1. The summed E-state index contributed by atoms with van der Waals surface area (Å²) in [4.78, 5) is 32.9. The van der Waals surface area contributed by atoms with Gasteiger partial charge < -0.3 is 18.9 Å². The number of carbonyl (C=O) groups excluding carboxylic acids is 1. The Hall–Kier alpha value is -4.34. The summed E-state index contributed by atoms with van der Waals surface area (Å²) in [7, 11) is 1.57. The molecule has 0 fully saturated rings. The van der Waals surface area contributed by atoms with E-state index in [1.165, 1.54) is 15.9 Å². The second-order valence-electron chi connectivity index (χ2n) is 8.94. The van der Waals surface area contributed by atoms with E-state index in [1.54, 1.807) is 38.3 Å². The lowest BCUT2D eigenvalue weighted by molar-refractivity contribution is -0.138. The van der Waals surface area contributed by atoms with Crippen molar-refractivity contribution in [2.45, 2.75) is 13.0 Å². The van der Waals surface area contributed by atoms with Crippen molar-refractivity contribution in [2.24, 2.45) is 4.99 Å². The van der Waals surface area contributed by atoms with Crippen LogP contribution in [-0.4, -0.2) is 31.0 Å². The van der Waals surface area contributed by atoms with Crippen molar-refractivity contribution < 1.29 is 23.7 Å². The van der Waals surface area contributed by atoms with Gasteiger partial charge in [0.2, 0.25) is 6.79 Å². The number of rotatable bonds is 6. The van der Waals surface area contributed by atoms with Gasteiger partial charge in [-0.3, -0.25) is 9.36 Å². The average molecular weight is 575 g/mol. The molecule has 0 amide bonds. The molecule has 40 heavy (non-hydrogen) atoms. The Kier molecular flexibility index (Phi) is 6.91. The highest BCUT2D eigenvalue weighted by atomic mass is 35.5. The largest absolute Gasteiger partial charge is 0.497 e. The number of hydrogen-bond donors (Lipinski definition) is 0. The summed E-state index contributed by atoms with van der Waals surface area (Å²) in [5.74, 6) is 1.14. The van der Waals surface area contributed by atoms with Gasteiger partial charge in [-0.25, -0.2) is 9.79 Å². The lowest BCUT2D eigenvalue weighted by atomic mass is 9.93. The molecule has 2 aliphatic heterocycles. The van der Waals surface area contributed by atoms with Gasteiger partial charge >= 0.3 is 5.97 Å². The molecule has 3 heterocycles. The first-order valence-electron chi connectivity index (χ1n) is 12.5. The number of thiazole rings is 1. The Bertz CT molecular complexity index is 1840. The van der Waals surface area contributed by atoms with Crippen LogP contribution < -0.4 is 29.1 Å². The molecule has 0 saturated carbocycles. The summed E-state index contributed by atoms with van der Waals surface area (Å²) in [6.45, 7) is 2.02. The normalized spacial score (nSPS) is 16.0. The van der Waals surface area contributed by atoms with E-state index in [-0.39, 0.29) is 24.5 Å². The second-order valence-corrected chi connectivity index (χ2v) is 10.4. The molecule has 3 aromatic carbocycles. The molecule has 0 aliphatic carbocycles. The van der Waals surface area contributed by atoms with Gasteiger partial charge in [-0.15, -0.1) is 0 Å². The summed E-state index contributed by atoms with van der Waals surface area (Å²) in [6.07, 6.45) is 1.70. The number of benzene rings is 3. The predicted octanol–water partition coefficient (Wildman–Crippen LogP) is 4.33. The quantitative estimate of drug-likeness (QED) is 0.319. The zero-order chi connectivity index (χ0) is 27.8. The molecule has 0 N–H and O–H groups in total. The van der Waals surface area contributed by atoms with Crippen molar-refractivity contribution in [3.63, 3.8) is 0 Å². The van der Waals surface area contributed by atoms with Gasteiger partial charge in [0.1, 0.15) is 5.75 Å². The van der Waals surface area contributed by atoms with Crippen LogP contribution in [0, 0.1) is 0 Å². The fourth-order valence-electron chi connectivity index (χ4n) is 4.75. The van der Waals surface area contributed by atoms with Crippen molar-refractivity contribution in [1.29, 1.82) is 0 Å². The van der Waals surface area contributed by atoms with E-state index in [2.05, 4.69) is 0 Å². The Morgan fingerprint density at radius 3 is 2.65 bits per heavy atom. The Morgan fingerprint density at radius 1 is 1.12 bits per heavy atom. The minimum absolute atomic E-state index is 0.108. The van der Waals surface area contributed by atoms with E-state index in [4.69, 9.17) is 35.5 Å². The van der Waals surface area contributed by atoms with E-state index in [1.807, 2.05) is 48.5 Å². The van der Waals surface area contributed by atoms with E-state index in [9.17, 15) is 9.59 Å². The SMILES string of the molecule is CCOC(=O)C1=C(c2ccccc2)N=c2s/c(=C\c3cc4c(cc3Cl)OCO4)c(=O)n2[C@H]1c1cccc(OC)c1. The lowest BCUT2D eigenvalue weighted by Gasteiger charge is -2.26. The van der Waals surface area contributed by atoms with E-state index >= 15 is 0 Å². The molecule has 202 valence electrons. The van der Waals surface area contributed by atoms with Gasteiger partial charge in [-0.2, -0.15) is 0 Å². The summed E-state index contributed by atoms with van der Waals surface area (Å²) >= 11 is 7.73. The first-order chi connectivity index (χ1) is 19.5. The summed E-state index contributed by atoms with van der Waals surface area (Å²) in [5.41, 5.74) is 2.40. The molecule has 2 aliphatic rings. The van der Waals surface area contributed by atoms with Crippen LogP contribution in [0.3, 0.4) is 0 Å². The van der Waals surface area contributed by atoms with Gasteiger partial charge in [0.15, 0.2) is 16.3 Å². The van der Waals surface area contributed by atoms with Crippen LogP contribution in [0.25, 0.3) is 11.8 Å². The van der Waals surface area contributed by atoms with Gasteiger partial charge in [-0.05, 0) is 42.3 Å². The van der Waals surface area contributed by atoms with Crippen molar-refractivity contribution in [3.05, 3.63) is 114 Å². The first kappa shape index (κ1) is 25.9. The zero-order valence-electron chi connectivity index (χ0n) is 21.5. The lowest BCUT2D eigenvalue weighted by Crippen LogP contribution is -2.40. The first-order valence-corrected chi connectivity index (χ1v) is 13.7. The van der Waals surface area contributed by atoms with Crippen LogP contribution in [0.5, 0.6) is 17.2 Å². The number of fused-ring (bicyclic) bond motifs is 2. The third kappa shape index (κ3) is 4.57. The van der Waals surface area contributed by atoms with Crippen LogP contribution in [0.4, 0.5) is 0 Å². The maximum Gasteiger partial charge on any atom is 0.338 e. The van der Waals surface area contributed by atoms with Gasteiger partial charge in [0, 0.05) is 11.6 Å². The van der Waals surface area contributed by atoms with Gasteiger partial charge in [0.05, 0.1) is 40.6 Å². The van der Waals surface area contributed by atoms with E-state index in [0.29, 0.717) is 48.4 Å². The molecule has 8 nitrogen and oxygen atoms in total. The zero-order valence-corrected chi connectivity index (χ0v) is 23.1. The van der Waals surface area contributed by atoms with Crippen molar-refractivity contribution in [3.8, 4) is 17.2 Å². The number of nitrogens with zero attached hydrogens (tertiary/aromatic N) is 2. The number of hydrogen-bond acceptors (Lipinski definition) is 8. The number of aromatic nitrogens is 1. The highest BCUT2D eigenvalue weighted by molar-refractivity contribution is 7.07. The second kappa shape index (κ2) is 10.7. The van der Waals surface area contributed by atoms with E-state index in [0.717, 1.165) is 5.56 Å². The van der Waals surface area contributed by atoms with Crippen LogP contribution >= 0.6 is 22.9 Å². The summed E-state index contributed by atoms with van der Waals surface area (Å²) in [5, 5.41) is 0.414.